The standard InChI is InChI=1S/C15H11ClN2O2/c16-11-6-2-3-7-12(11)17-18-13-9-15(19)20-14-8-4-1-5-10(13)14/h1-9,17-18H. The average molecular weight is 287 g/mol. The van der Waals surface area contributed by atoms with Crippen LogP contribution in [0.5, 0.6) is 0 Å². The highest BCUT2D eigenvalue weighted by molar-refractivity contribution is 6.33. The molecule has 100 valence electrons. The number of nitrogens with one attached hydrogen (secondary N) is 2. The van der Waals surface area contributed by atoms with Gasteiger partial charge in [0.2, 0.25) is 0 Å². The Bertz CT molecular complexity index is 814. The Hall–Kier alpha value is -2.46. The molecule has 0 amide bonds. The Morgan fingerprint density at radius 3 is 2.45 bits per heavy atom. The molecule has 2 N–H and O–H groups in total. The molecule has 0 spiro atoms. The zero-order valence-electron chi connectivity index (χ0n) is 10.4. The smallest absolute Gasteiger partial charge is 0.338 e. The summed E-state index contributed by atoms with van der Waals surface area (Å²) in [6, 6.07) is 16.0. The van der Waals surface area contributed by atoms with Gasteiger partial charge < -0.3 is 4.42 Å². The highest BCUT2D eigenvalue weighted by atomic mass is 35.5. The number of hydrogen-bond donors (Lipinski definition) is 2. The van der Waals surface area contributed by atoms with Crippen LogP contribution in [-0.4, -0.2) is 0 Å². The second-order valence-electron chi connectivity index (χ2n) is 4.21. The first-order valence-electron chi connectivity index (χ1n) is 6.03. The summed E-state index contributed by atoms with van der Waals surface area (Å²) >= 11 is 6.06. The number of hydrogen-bond acceptors (Lipinski definition) is 4. The van der Waals surface area contributed by atoms with Crippen LogP contribution >= 0.6 is 11.6 Å². The SMILES string of the molecule is O=c1cc(NNc2ccccc2Cl)c2ccccc2o1. The molecule has 0 fully saturated rings. The van der Waals surface area contributed by atoms with Crippen molar-refractivity contribution in [2.45, 2.75) is 0 Å². The van der Waals surface area contributed by atoms with Gasteiger partial charge in [0, 0.05) is 11.5 Å². The molecule has 0 aliphatic heterocycles. The van der Waals surface area contributed by atoms with Gasteiger partial charge in [0.15, 0.2) is 0 Å². The van der Waals surface area contributed by atoms with Gasteiger partial charge in [0.25, 0.3) is 0 Å². The Labute approximate surface area is 120 Å². The molecule has 0 saturated carbocycles. The third kappa shape index (κ3) is 2.46. The number of rotatable bonds is 3. The van der Waals surface area contributed by atoms with Gasteiger partial charge in [0.1, 0.15) is 5.58 Å². The lowest BCUT2D eigenvalue weighted by atomic mass is 10.2. The first-order chi connectivity index (χ1) is 9.74. The van der Waals surface area contributed by atoms with Crippen molar-refractivity contribution in [2.75, 3.05) is 10.9 Å². The number of anilines is 2. The van der Waals surface area contributed by atoms with E-state index in [1.807, 2.05) is 36.4 Å². The predicted molar refractivity (Wildman–Crippen MR) is 81.2 cm³/mol. The molecule has 0 aliphatic carbocycles. The second-order valence-corrected chi connectivity index (χ2v) is 4.61. The molecule has 0 saturated heterocycles. The maximum absolute atomic E-state index is 11.5. The van der Waals surface area contributed by atoms with Crippen molar-refractivity contribution in [3.8, 4) is 0 Å². The molecule has 3 aromatic rings. The van der Waals surface area contributed by atoms with Crippen LogP contribution in [0, 0.1) is 0 Å². The molecule has 1 aromatic heterocycles. The Morgan fingerprint density at radius 2 is 1.60 bits per heavy atom. The van der Waals surface area contributed by atoms with Crippen LogP contribution in [0.25, 0.3) is 11.0 Å². The van der Waals surface area contributed by atoms with E-state index in [1.54, 1.807) is 12.1 Å². The number of para-hydroxylation sites is 2. The molecule has 4 nitrogen and oxygen atoms in total. The Balaban J connectivity index is 1.95. The molecule has 0 atom stereocenters. The zero-order chi connectivity index (χ0) is 13.9. The first kappa shape index (κ1) is 12.6. The molecular weight excluding hydrogens is 276 g/mol. The minimum absolute atomic E-state index is 0.410. The number of benzene rings is 2. The summed E-state index contributed by atoms with van der Waals surface area (Å²) in [6.45, 7) is 0. The molecule has 0 radical (unpaired) electrons. The minimum atomic E-state index is -0.410. The molecule has 3 rings (SSSR count). The third-order valence-corrected chi connectivity index (χ3v) is 3.19. The van der Waals surface area contributed by atoms with Crippen molar-refractivity contribution in [3.63, 3.8) is 0 Å². The highest BCUT2D eigenvalue weighted by Crippen LogP contribution is 2.23. The van der Waals surface area contributed by atoms with E-state index in [4.69, 9.17) is 16.0 Å². The van der Waals surface area contributed by atoms with Gasteiger partial charge in [-0.1, -0.05) is 35.9 Å². The summed E-state index contributed by atoms with van der Waals surface area (Å²) in [5.41, 5.74) is 7.46. The fourth-order valence-electron chi connectivity index (χ4n) is 1.91. The molecular formula is C15H11ClN2O2. The van der Waals surface area contributed by atoms with E-state index in [2.05, 4.69) is 10.9 Å². The molecule has 5 heteroatoms. The van der Waals surface area contributed by atoms with E-state index in [0.29, 0.717) is 16.3 Å². The quantitative estimate of drug-likeness (QED) is 0.566. The molecule has 0 unspecified atom stereocenters. The van der Waals surface area contributed by atoms with Crippen molar-refractivity contribution in [3.05, 3.63) is 70.0 Å². The van der Waals surface area contributed by atoms with Gasteiger partial charge in [0.05, 0.1) is 16.4 Å². The lowest BCUT2D eigenvalue weighted by molar-refractivity contribution is 0.561. The second kappa shape index (κ2) is 5.27. The maximum Gasteiger partial charge on any atom is 0.338 e. The van der Waals surface area contributed by atoms with Crippen LogP contribution < -0.4 is 16.5 Å². The van der Waals surface area contributed by atoms with Crippen molar-refractivity contribution in [2.24, 2.45) is 0 Å². The van der Waals surface area contributed by atoms with Crippen LogP contribution in [0.15, 0.2) is 63.8 Å². The van der Waals surface area contributed by atoms with Crippen LogP contribution in [0.4, 0.5) is 11.4 Å². The van der Waals surface area contributed by atoms with Crippen molar-refractivity contribution < 1.29 is 4.42 Å². The fraction of sp³-hybridized carbons (Fsp3) is 0. The Kier molecular flexibility index (Phi) is 3.31. The van der Waals surface area contributed by atoms with Gasteiger partial charge in [-0.15, -0.1) is 0 Å². The van der Waals surface area contributed by atoms with Crippen LogP contribution in [0.3, 0.4) is 0 Å². The van der Waals surface area contributed by atoms with E-state index in [9.17, 15) is 4.79 Å². The minimum Gasteiger partial charge on any atom is -0.423 e. The normalized spacial score (nSPS) is 10.4. The van der Waals surface area contributed by atoms with Gasteiger partial charge in [-0.2, -0.15) is 0 Å². The molecule has 0 bridgehead atoms. The Morgan fingerprint density at radius 1 is 0.900 bits per heavy atom. The summed E-state index contributed by atoms with van der Waals surface area (Å²) in [5, 5.41) is 1.40. The van der Waals surface area contributed by atoms with Crippen molar-refractivity contribution >= 4 is 33.9 Å². The van der Waals surface area contributed by atoms with Crippen LogP contribution in [-0.2, 0) is 0 Å². The monoisotopic (exact) mass is 286 g/mol. The zero-order valence-corrected chi connectivity index (χ0v) is 11.1. The van der Waals surface area contributed by atoms with Crippen molar-refractivity contribution in [1.82, 2.24) is 0 Å². The van der Waals surface area contributed by atoms with Crippen LogP contribution in [0.2, 0.25) is 5.02 Å². The highest BCUT2D eigenvalue weighted by Gasteiger charge is 2.05. The van der Waals surface area contributed by atoms with E-state index >= 15 is 0 Å². The summed E-state index contributed by atoms with van der Waals surface area (Å²) < 4.78 is 5.13. The van der Waals surface area contributed by atoms with Gasteiger partial charge in [-0.3, -0.25) is 10.9 Å². The third-order valence-electron chi connectivity index (χ3n) is 2.86. The maximum atomic E-state index is 11.5. The van der Waals surface area contributed by atoms with Gasteiger partial charge in [-0.05, 0) is 24.3 Å². The predicted octanol–water partition coefficient (Wildman–Crippen LogP) is 3.89. The summed E-state index contributed by atoms with van der Waals surface area (Å²) in [6.07, 6.45) is 0. The number of hydrazine groups is 1. The lowest BCUT2D eigenvalue weighted by Gasteiger charge is -2.12. The largest absolute Gasteiger partial charge is 0.423 e. The molecule has 1 heterocycles. The van der Waals surface area contributed by atoms with Crippen molar-refractivity contribution in [1.29, 1.82) is 0 Å². The topological polar surface area (TPSA) is 54.3 Å². The van der Waals surface area contributed by atoms with Gasteiger partial charge >= 0.3 is 5.63 Å². The lowest BCUT2D eigenvalue weighted by Crippen LogP contribution is -2.11. The van der Waals surface area contributed by atoms with E-state index in [1.165, 1.54) is 6.07 Å². The van der Waals surface area contributed by atoms with Crippen LogP contribution in [0.1, 0.15) is 0 Å². The first-order valence-corrected chi connectivity index (χ1v) is 6.41. The summed E-state index contributed by atoms with van der Waals surface area (Å²) in [4.78, 5) is 11.5. The molecule has 20 heavy (non-hydrogen) atoms. The van der Waals surface area contributed by atoms with Gasteiger partial charge in [-0.25, -0.2) is 4.79 Å². The number of fused-ring (bicyclic) bond motifs is 1. The molecule has 2 aromatic carbocycles. The van der Waals surface area contributed by atoms with E-state index in [-0.39, 0.29) is 0 Å². The summed E-state index contributed by atoms with van der Waals surface area (Å²) in [7, 11) is 0. The average Bonchev–Trinajstić information content (AvgIpc) is 2.46. The number of halogens is 1. The summed E-state index contributed by atoms with van der Waals surface area (Å²) in [5.74, 6) is 0. The van der Waals surface area contributed by atoms with E-state index < -0.39 is 5.63 Å². The molecule has 0 aliphatic rings. The fourth-order valence-corrected chi connectivity index (χ4v) is 2.10. The van der Waals surface area contributed by atoms with E-state index in [0.717, 1.165) is 11.1 Å².